The van der Waals surface area contributed by atoms with Crippen LogP contribution in [0.3, 0.4) is 0 Å². The fourth-order valence-corrected chi connectivity index (χ4v) is 2.44. The lowest BCUT2D eigenvalue weighted by Crippen LogP contribution is -2.31. The fraction of sp³-hybridized carbons (Fsp3) is 0.222. The average Bonchev–Trinajstić information content (AvgIpc) is 3.38. The summed E-state index contributed by atoms with van der Waals surface area (Å²) in [5, 5.41) is 9.09. The van der Waals surface area contributed by atoms with Crippen molar-refractivity contribution >= 4 is 17.6 Å². The van der Waals surface area contributed by atoms with Gasteiger partial charge in [0.2, 0.25) is 5.91 Å². The molecule has 0 atom stereocenters. The quantitative estimate of drug-likeness (QED) is 0.920. The molecule has 22 heavy (non-hydrogen) atoms. The van der Waals surface area contributed by atoms with E-state index in [4.69, 9.17) is 5.11 Å². The average molecular weight is 295 g/mol. The smallest absolute Gasteiger partial charge is 0.335 e. The summed E-state index contributed by atoms with van der Waals surface area (Å²) < 4.78 is 0. The van der Waals surface area contributed by atoms with Gasteiger partial charge in [-0.3, -0.25) is 4.79 Å². The van der Waals surface area contributed by atoms with Crippen molar-refractivity contribution < 1.29 is 14.7 Å². The third kappa shape index (κ3) is 3.17. The molecule has 1 fully saturated rings. The molecule has 0 saturated heterocycles. The highest BCUT2D eigenvalue weighted by atomic mass is 16.4. The van der Waals surface area contributed by atoms with Crippen molar-refractivity contribution in [3.8, 4) is 0 Å². The van der Waals surface area contributed by atoms with Gasteiger partial charge in [-0.15, -0.1) is 0 Å². The monoisotopic (exact) mass is 295 g/mol. The maximum atomic E-state index is 12.5. The molecule has 0 unspecified atom stereocenters. The molecule has 0 spiro atoms. The predicted molar refractivity (Wildman–Crippen MR) is 83.8 cm³/mol. The number of benzene rings is 2. The van der Waals surface area contributed by atoms with E-state index >= 15 is 0 Å². The summed E-state index contributed by atoms with van der Waals surface area (Å²) in [6.45, 7) is 0.389. The predicted octanol–water partition coefficient (Wildman–Crippen LogP) is 3.33. The summed E-state index contributed by atoms with van der Waals surface area (Å²) in [5.41, 5.74) is 1.90. The van der Waals surface area contributed by atoms with Crippen LogP contribution in [0, 0.1) is 5.92 Å². The van der Waals surface area contributed by atoms with Gasteiger partial charge in [0, 0.05) is 11.6 Å². The number of rotatable bonds is 5. The van der Waals surface area contributed by atoms with Gasteiger partial charge in [0.05, 0.1) is 12.1 Å². The molecule has 1 aliphatic carbocycles. The van der Waals surface area contributed by atoms with Crippen LogP contribution in [0.5, 0.6) is 0 Å². The second-order valence-corrected chi connectivity index (χ2v) is 5.54. The summed E-state index contributed by atoms with van der Waals surface area (Å²) in [5.74, 6) is -0.726. The number of hydrogen-bond acceptors (Lipinski definition) is 2. The Morgan fingerprint density at radius 1 is 1.05 bits per heavy atom. The van der Waals surface area contributed by atoms with E-state index in [1.54, 1.807) is 23.1 Å². The molecular weight excluding hydrogens is 278 g/mol. The Morgan fingerprint density at radius 2 is 1.77 bits per heavy atom. The van der Waals surface area contributed by atoms with Crippen molar-refractivity contribution in [1.82, 2.24) is 0 Å². The Hall–Kier alpha value is -2.62. The van der Waals surface area contributed by atoms with Crippen molar-refractivity contribution in [3.63, 3.8) is 0 Å². The lowest BCUT2D eigenvalue weighted by Gasteiger charge is -2.23. The van der Waals surface area contributed by atoms with E-state index in [-0.39, 0.29) is 17.4 Å². The Labute approximate surface area is 129 Å². The number of nitrogens with zero attached hydrogens (tertiary/aromatic N) is 1. The first kappa shape index (κ1) is 14.3. The molecule has 4 nitrogen and oxygen atoms in total. The summed E-state index contributed by atoms with van der Waals surface area (Å²) in [6, 6.07) is 16.3. The third-order valence-electron chi connectivity index (χ3n) is 3.78. The standard InChI is InChI=1S/C18H17NO3/c20-17(14-9-10-14)19(16-7-2-1-3-8-16)12-13-5-4-6-15(11-13)18(21)22/h1-8,11,14H,9-10,12H2,(H,21,22). The van der Waals surface area contributed by atoms with Gasteiger partial charge in [-0.2, -0.15) is 0 Å². The van der Waals surface area contributed by atoms with Crippen molar-refractivity contribution in [1.29, 1.82) is 0 Å². The van der Waals surface area contributed by atoms with E-state index in [0.717, 1.165) is 24.1 Å². The van der Waals surface area contributed by atoms with Gasteiger partial charge in [0.25, 0.3) is 0 Å². The minimum absolute atomic E-state index is 0.114. The number of hydrogen-bond donors (Lipinski definition) is 1. The van der Waals surface area contributed by atoms with E-state index in [1.807, 2.05) is 36.4 Å². The molecule has 0 heterocycles. The number of carboxylic acids is 1. The molecule has 2 aromatic rings. The summed E-state index contributed by atoms with van der Waals surface area (Å²) in [7, 11) is 0. The normalized spacial score (nSPS) is 13.6. The zero-order valence-corrected chi connectivity index (χ0v) is 12.1. The second-order valence-electron chi connectivity index (χ2n) is 5.54. The van der Waals surface area contributed by atoms with Gasteiger partial charge in [-0.05, 0) is 42.7 Å². The Balaban J connectivity index is 1.88. The van der Waals surface area contributed by atoms with Crippen LogP contribution < -0.4 is 4.90 Å². The van der Waals surface area contributed by atoms with Gasteiger partial charge in [0.1, 0.15) is 0 Å². The lowest BCUT2D eigenvalue weighted by atomic mass is 10.1. The lowest BCUT2D eigenvalue weighted by molar-refractivity contribution is -0.119. The van der Waals surface area contributed by atoms with Crippen molar-refractivity contribution in [2.75, 3.05) is 4.90 Å². The topological polar surface area (TPSA) is 57.6 Å². The molecule has 1 amide bonds. The Bertz CT molecular complexity index is 692. The van der Waals surface area contributed by atoms with Gasteiger partial charge >= 0.3 is 5.97 Å². The van der Waals surface area contributed by atoms with Crippen molar-refractivity contribution in [3.05, 3.63) is 65.7 Å². The van der Waals surface area contributed by atoms with E-state index in [1.165, 1.54) is 0 Å². The van der Waals surface area contributed by atoms with Crippen LogP contribution >= 0.6 is 0 Å². The van der Waals surface area contributed by atoms with Crippen molar-refractivity contribution in [2.45, 2.75) is 19.4 Å². The van der Waals surface area contributed by atoms with E-state index in [2.05, 4.69) is 0 Å². The number of carbonyl (C=O) groups excluding carboxylic acids is 1. The van der Waals surface area contributed by atoms with E-state index in [9.17, 15) is 9.59 Å². The van der Waals surface area contributed by atoms with Crippen LogP contribution in [0.4, 0.5) is 5.69 Å². The number of para-hydroxylation sites is 1. The summed E-state index contributed by atoms with van der Waals surface area (Å²) in [6.07, 6.45) is 1.88. The van der Waals surface area contributed by atoms with Gasteiger partial charge < -0.3 is 10.0 Å². The number of carbonyl (C=O) groups is 2. The zero-order valence-electron chi connectivity index (χ0n) is 12.1. The SMILES string of the molecule is O=C(O)c1cccc(CN(C(=O)C2CC2)c2ccccc2)c1. The highest BCUT2D eigenvalue weighted by Gasteiger charge is 2.34. The molecule has 0 aliphatic heterocycles. The van der Waals surface area contributed by atoms with Crippen LogP contribution in [0.2, 0.25) is 0 Å². The number of amides is 1. The molecule has 0 aromatic heterocycles. The van der Waals surface area contributed by atoms with Crippen molar-refractivity contribution in [2.24, 2.45) is 5.92 Å². The van der Waals surface area contributed by atoms with E-state index in [0.29, 0.717) is 6.54 Å². The van der Waals surface area contributed by atoms with Gasteiger partial charge in [-0.25, -0.2) is 4.79 Å². The first-order chi connectivity index (χ1) is 10.6. The van der Waals surface area contributed by atoms with Crippen LogP contribution in [-0.4, -0.2) is 17.0 Å². The van der Waals surface area contributed by atoms with Crippen LogP contribution in [0.25, 0.3) is 0 Å². The molecule has 0 radical (unpaired) electrons. The van der Waals surface area contributed by atoms with Crippen LogP contribution in [0.1, 0.15) is 28.8 Å². The molecule has 1 saturated carbocycles. The molecular formula is C18H17NO3. The fourth-order valence-electron chi connectivity index (χ4n) is 2.44. The zero-order chi connectivity index (χ0) is 15.5. The highest BCUT2D eigenvalue weighted by molar-refractivity contribution is 5.96. The molecule has 4 heteroatoms. The van der Waals surface area contributed by atoms with Crippen LogP contribution in [0.15, 0.2) is 54.6 Å². The first-order valence-corrected chi connectivity index (χ1v) is 7.34. The molecule has 3 rings (SSSR count). The minimum atomic E-state index is -0.957. The number of anilines is 1. The molecule has 112 valence electrons. The van der Waals surface area contributed by atoms with Crippen LogP contribution in [-0.2, 0) is 11.3 Å². The molecule has 2 aromatic carbocycles. The minimum Gasteiger partial charge on any atom is -0.478 e. The molecule has 1 N–H and O–H groups in total. The largest absolute Gasteiger partial charge is 0.478 e. The van der Waals surface area contributed by atoms with Gasteiger partial charge in [0.15, 0.2) is 0 Å². The summed E-state index contributed by atoms with van der Waals surface area (Å²) in [4.78, 5) is 25.4. The molecule has 1 aliphatic rings. The number of carboxylic acid groups (broad SMARTS) is 1. The second kappa shape index (κ2) is 6.02. The Morgan fingerprint density at radius 3 is 2.41 bits per heavy atom. The third-order valence-corrected chi connectivity index (χ3v) is 3.78. The highest BCUT2D eigenvalue weighted by Crippen LogP contribution is 2.33. The maximum Gasteiger partial charge on any atom is 0.335 e. The Kier molecular flexibility index (Phi) is 3.92. The van der Waals surface area contributed by atoms with E-state index < -0.39 is 5.97 Å². The number of aromatic carboxylic acids is 1. The van der Waals surface area contributed by atoms with Gasteiger partial charge in [-0.1, -0.05) is 30.3 Å². The molecule has 0 bridgehead atoms. The maximum absolute atomic E-state index is 12.5. The summed E-state index contributed by atoms with van der Waals surface area (Å²) >= 11 is 0. The first-order valence-electron chi connectivity index (χ1n) is 7.34.